The Hall–Kier alpha value is -3.81. The van der Waals surface area contributed by atoms with Gasteiger partial charge in [0.2, 0.25) is 5.91 Å². The number of anilines is 1. The van der Waals surface area contributed by atoms with Gasteiger partial charge in [0.25, 0.3) is 5.91 Å². The summed E-state index contributed by atoms with van der Waals surface area (Å²) in [6.07, 6.45) is 5.51. The summed E-state index contributed by atoms with van der Waals surface area (Å²) in [6, 6.07) is 10.4. The largest absolute Gasteiger partial charge is 0.394 e. The van der Waals surface area contributed by atoms with E-state index in [4.69, 9.17) is 11.6 Å². The molecule has 1 aromatic carbocycles. The van der Waals surface area contributed by atoms with Crippen molar-refractivity contribution in [3.05, 3.63) is 70.1 Å². The number of piperidine rings is 1. The van der Waals surface area contributed by atoms with Crippen LogP contribution in [0.15, 0.2) is 42.7 Å². The molecule has 3 atom stereocenters. The number of aromatic nitrogens is 4. The van der Waals surface area contributed by atoms with E-state index >= 15 is 0 Å². The van der Waals surface area contributed by atoms with Crippen LogP contribution in [0, 0.1) is 23.2 Å². The Morgan fingerprint density at radius 3 is 2.78 bits per heavy atom. The summed E-state index contributed by atoms with van der Waals surface area (Å²) >= 11 is 6.10. The summed E-state index contributed by atoms with van der Waals surface area (Å²) in [5.74, 6) is 1.16. The minimum atomic E-state index is -0.571. The second kappa shape index (κ2) is 9.25. The lowest BCUT2D eigenvalue weighted by Crippen LogP contribution is -2.43. The maximum Gasteiger partial charge on any atom is 0.273 e. The van der Waals surface area contributed by atoms with Crippen molar-refractivity contribution in [1.82, 2.24) is 25.3 Å². The Balaban J connectivity index is 1.08. The van der Waals surface area contributed by atoms with Gasteiger partial charge in [-0.2, -0.15) is 5.26 Å². The van der Waals surface area contributed by atoms with Gasteiger partial charge in [0.15, 0.2) is 5.69 Å². The SMILES string of the molecule is N#Cc1ccc(Cl)cc1[C@H]1C[C@@H](NC(=O)c2cn([C@H](CO)c3ccc(N4C[C@H]5C[C@H]5C4=O)nc3)nn2)C1. The summed E-state index contributed by atoms with van der Waals surface area (Å²) in [5, 5.41) is 31.0. The van der Waals surface area contributed by atoms with Crippen LogP contribution in [0.3, 0.4) is 0 Å². The van der Waals surface area contributed by atoms with Gasteiger partial charge in [0.05, 0.1) is 24.4 Å². The van der Waals surface area contributed by atoms with E-state index in [1.165, 1.54) is 10.9 Å². The number of rotatable bonds is 7. The molecule has 6 rings (SSSR count). The molecule has 0 bridgehead atoms. The molecule has 11 heteroatoms. The number of aliphatic hydroxyl groups is 1. The molecule has 2 saturated carbocycles. The summed E-state index contributed by atoms with van der Waals surface area (Å²) in [4.78, 5) is 31.2. The van der Waals surface area contributed by atoms with Gasteiger partial charge in [-0.05, 0) is 66.5 Å². The molecule has 0 unspecified atom stereocenters. The first-order valence-electron chi connectivity index (χ1n) is 12.3. The predicted octanol–water partition coefficient (Wildman–Crippen LogP) is 2.44. The van der Waals surface area contributed by atoms with Crippen LogP contribution in [0.4, 0.5) is 5.82 Å². The lowest BCUT2D eigenvalue weighted by molar-refractivity contribution is -0.118. The normalized spacial score (nSPS) is 24.7. The average molecular weight is 518 g/mol. The molecular weight excluding hydrogens is 494 g/mol. The molecule has 0 radical (unpaired) electrons. The monoisotopic (exact) mass is 517 g/mol. The third-order valence-corrected chi connectivity index (χ3v) is 7.87. The van der Waals surface area contributed by atoms with E-state index in [1.54, 1.807) is 29.3 Å². The topological polar surface area (TPSA) is 137 Å². The maximum absolute atomic E-state index is 12.8. The Morgan fingerprint density at radius 1 is 1.27 bits per heavy atom. The maximum atomic E-state index is 12.8. The Morgan fingerprint density at radius 2 is 2.11 bits per heavy atom. The number of benzene rings is 1. The van der Waals surface area contributed by atoms with Crippen LogP contribution in [-0.2, 0) is 4.79 Å². The van der Waals surface area contributed by atoms with E-state index in [0.717, 1.165) is 12.0 Å². The first-order chi connectivity index (χ1) is 17.9. The molecule has 2 aromatic heterocycles. The number of nitriles is 1. The molecular formula is C26H24ClN7O3. The lowest BCUT2D eigenvalue weighted by Gasteiger charge is -2.36. The quantitative estimate of drug-likeness (QED) is 0.491. The third kappa shape index (κ3) is 4.34. The fraction of sp³-hybridized carbons (Fsp3) is 0.385. The number of hydrogen-bond acceptors (Lipinski definition) is 7. The number of carbonyl (C=O) groups is 2. The standard InChI is InChI=1S/C26H24ClN7O3/c27-18-3-1-14(9-28)20(8-18)16-5-19(6-16)30-25(36)22-12-34(32-31-22)23(13-35)15-2-4-24(29-10-15)33-11-17-7-21(17)26(33)37/h1-4,8,10,12,16-17,19,21,23,35H,5-7,11,13H2,(H,30,36)/t16-,17-,19+,21-,23-/m1/s1. The van der Waals surface area contributed by atoms with Gasteiger partial charge in [-0.25, -0.2) is 9.67 Å². The van der Waals surface area contributed by atoms with E-state index in [1.807, 2.05) is 12.1 Å². The van der Waals surface area contributed by atoms with Gasteiger partial charge in [-0.1, -0.05) is 22.9 Å². The molecule has 3 heterocycles. The number of fused-ring (bicyclic) bond motifs is 1. The van der Waals surface area contributed by atoms with Crippen molar-refractivity contribution in [3.63, 3.8) is 0 Å². The number of carbonyl (C=O) groups excluding carboxylic acids is 2. The van der Waals surface area contributed by atoms with Crippen LogP contribution in [-0.4, -0.2) is 56.1 Å². The van der Waals surface area contributed by atoms with Crippen LogP contribution < -0.4 is 10.2 Å². The van der Waals surface area contributed by atoms with Gasteiger partial charge in [-0.3, -0.25) is 14.5 Å². The molecule has 0 spiro atoms. The summed E-state index contributed by atoms with van der Waals surface area (Å²) in [7, 11) is 0. The summed E-state index contributed by atoms with van der Waals surface area (Å²) in [6.45, 7) is 0.449. The zero-order valence-corrected chi connectivity index (χ0v) is 20.5. The Bertz CT molecular complexity index is 1410. The Kier molecular flexibility index (Phi) is 5.89. The second-order valence-electron chi connectivity index (χ2n) is 9.97. The average Bonchev–Trinajstić information content (AvgIpc) is 3.35. The van der Waals surface area contributed by atoms with Gasteiger partial charge >= 0.3 is 0 Å². The number of nitrogens with zero attached hydrogens (tertiary/aromatic N) is 6. The van der Waals surface area contributed by atoms with E-state index < -0.39 is 6.04 Å². The smallest absolute Gasteiger partial charge is 0.273 e. The predicted molar refractivity (Wildman–Crippen MR) is 133 cm³/mol. The highest BCUT2D eigenvalue weighted by molar-refractivity contribution is 6.30. The van der Waals surface area contributed by atoms with Crippen LogP contribution in [0.2, 0.25) is 5.02 Å². The van der Waals surface area contributed by atoms with Crippen molar-refractivity contribution in [2.45, 2.75) is 37.3 Å². The molecule has 2 N–H and O–H groups in total. The fourth-order valence-corrected chi connectivity index (χ4v) is 5.51. The molecule has 2 aliphatic carbocycles. The van der Waals surface area contributed by atoms with Crippen molar-refractivity contribution in [2.24, 2.45) is 11.8 Å². The minimum Gasteiger partial charge on any atom is -0.394 e. The van der Waals surface area contributed by atoms with Crippen molar-refractivity contribution in [1.29, 1.82) is 5.26 Å². The highest BCUT2D eigenvalue weighted by Gasteiger charge is 2.52. The number of aliphatic hydroxyl groups excluding tert-OH is 1. The number of amides is 2. The Labute approximate surface area is 217 Å². The van der Waals surface area contributed by atoms with E-state index in [-0.39, 0.29) is 42.0 Å². The zero-order valence-electron chi connectivity index (χ0n) is 19.8. The fourth-order valence-electron chi connectivity index (χ4n) is 5.33. The third-order valence-electron chi connectivity index (χ3n) is 7.64. The van der Waals surface area contributed by atoms with Crippen LogP contribution >= 0.6 is 11.6 Å². The summed E-state index contributed by atoms with van der Waals surface area (Å²) < 4.78 is 1.44. The second-order valence-corrected chi connectivity index (χ2v) is 10.4. The molecule has 3 aliphatic rings. The molecule has 1 aliphatic heterocycles. The van der Waals surface area contributed by atoms with E-state index in [2.05, 4.69) is 26.7 Å². The number of hydrogen-bond donors (Lipinski definition) is 2. The molecule has 2 amide bonds. The van der Waals surface area contributed by atoms with Gasteiger partial charge in [-0.15, -0.1) is 5.10 Å². The summed E-state index contributed by atoms with van der Waals surface area (Å²) in [5.41, 5.74) is 2.34. The van der Waals surface area contributed by atoms with Crippen molar-refractivity contribution in [2.75, 3.05) is 18.1 Å². The lowest BCUT2D eigenvalue weighted by atomic mass is 9.74. The molecule has 3 fully saturated rings. The highest BCUT2D eigenvalue weighted by atomic mass is 35.5. The molecule has 188 valence electrons. The van der Waals surface area contributed by atoms with Gasteiger partial charge in [0.1, 0.15) is 11.9 Å². The van der Waals surface area contributed by atoms with Crippen molar-refractivity contribution in [3.8, 4) is 6.07 Å². The number of nitrogens with one attached hydrogen (secondary N) is 1. The number of halogens is 1. The van der Waals surface area contributed by atoms with Gasteiger partial charge in [0, 0.05) is 29.7 Å². The van der Waals surface area contributed by atoms with E-state index in [0.29, 0.717) is 47.3 Å². The zero-order chi connectivity index (χ0) is 25.7. The van der Waals surface area contributed by atoms with Crippen molar-refractivity contribution >= 4 is 29.2 Å². The van der Waals surface area contributed by atoms with Crippen LogP contribution in [0.25, 0.3) is 0 Å². The molecule has 37 heavy (non-hydrogen) atoms. The van der Waals surface area contributed by atoms with Crippen LogP contribution in [0.5, 0.6) is 0 Å². The van der Waals surface area contributed by atoms with Crippen LogP contribution in [0.1, 0.15) is 58.4 Å². The van der Waals surface area contributed by atoms with Crippen molar-refractivity contribution < 1.29 is 14.7 Å². The first-order valence-corrected chi connectivity index (χ1v) is 12.6. The molecule has 10 nitrogen and oxygen atoms in total. The van der Waals surface area contributed by atoms with Gasteiger partial charge < -0.3 is 10.4 Å². The molecule has 3 aromatic rings. The van der Waals surface area contributed by atoms with E-state index in [9.17, 15) is 20.0 Å². The number of pyridine rings is 1. The minimum absolute atomic E-state index is 0.0436. The first kappa shape index (κ1) is 23.6. The highest BCUT2D eigenvalue weighted by Crippen LogP contribution is 2.47. The molecule has 1 saturated heterocycles.